The van der Waals surface area contributed by atoms with Crippen LogP contribution in [0.1, 0.15) is 47.1 Å². The van der Waals surface area contributed by atoms with Crippen molar-refractivity contribution in [2.24, 2.45) is 5.41 Å². The quantitative estimate of drug-likeness (QED) is 0.637. The molecule has 0 aliphatic carbocycles. The Morgan fingerprint density at radius 1 is 1.18 bits per heavy atom. The third kappa shape index (κ3) is 5.71. The molecule has 1 aliphatic heterocycles. The zero-order valence-electron chi connectivity index (χ0n) is 17.1. The van der Waals surface area contributed by atoms with Gasteiger partial charge in [-0.25, -0.2) is 9.18 Å². The van der Waals surface area contributed by atoms with Gasteiger partial charge in [0.2, 0.25) is 0 Å². The van der Waals surface area contributed by atoms with Crippen LogP contribution in [0.4, 0.5) is 9.18 Å². The van der Waals surface area contributed by atoms with Gasteiger partial charge in [0.1, 0.15) is 17.5 Å². The molecule has 28 heavy (non-hydrogen) atoms. The molecule has 0 N–H and O–H groups in total. The third-order valence-corrected chi connectivity index (χ3v) is 4.32. The van der Waals surface area contributed by atoms with E-state index in [0.717, 1.165) is 0 Å². The van der Waals surface area contributed by atoms with Crippen LogP contribution < -0.4 is 0 Å². The third-order valence-electron chi connectivity index (χ3n) is 4.03. The Hall–Kier alpha value is -2.08. The lowest BCUT2D eigenvalue weighted by molar-refractivity contribution is -0.156. The van der Waals surface area contributed by atoms with Crippen LogP contribution >= 0.6 is 11.6 Å². The van der Waals surface area contributed by atoms with Gasteiger partial charge in [-0.1, -0.05) is 23.7 Å². The fourth-order valence-electron chi connectivity index (χ4n) is 2.57. The smallest absolute Gasteiger partial charge is 0.410 e. The first-order chi connectivity index (χ1) is 12.8. The van der Waals surface area contributed by atoms with Crippen molar-refractivity contribution in [3.8, 4) is 0 Å². The highest BCUT2D eigenvalue weighted by atomic mass is 35.5. The van der Waals surface area contributed by atoms with Gasteiger partial charge in [-0.2, -0.15) is 0 Å². The molecule has 0 fully saturated rings. The number of ether oxygens (including phenoxy) is 2. The summed E-state index contributed by atoms with van der Waals surface area (Å²) in [5.74, 6) is -0.928. The Balaban J connectivity index is 2.33. The fraction of sp³-hybridized carbons (Fsp3) is 0.524. The second-order valence-corrected chi connectivity index (χ2v) is 9.22. The van der Waals surface area contributed by atoms with Crippen molar-refractivity contribution in [3.63, 3.8) is 0 Å². The summed E-state index contributed by atoms with van der Waals surface area (Å²) in [7, 11) is 0. The first-order valence-electron chi connectivity index (χ1n) is 9.12. The molecular weight excluding hydrogens is 385 g/mol. The first kappa shape index (κ1) is 22.2. The molecule has 5 nitrogen and oxygen atoms in total. The Morgan fingerprint density at radius 2 is 1.82 bits per heavy atom. The minimum Gasteiger partial charge on any atom is -0.455 e. The van der Waals surface area contributed by atoms with E-state index in [1.807, 2.05) is 0 Å². The molecule has 2 rings (SSSR count). The largest absolute Gasteiger partial charge is 0.455 e. The van der Waals surface area contributed by atoms with Crippen LogP contribution in [0.5, 0.6) is 0 Å². The van der Waals surface area contributed by atoms with Crippen molar-refractivity contribution in [1.82, 2.24) is 4.90 Å². The Bertz CT molecular complexity index is 793. The highest BCUT2D eigenvalue weighted by Crippen LogP contribution is 2.30. The lowest BCUT2D eigenvalue weighted by Crippen LogP contribution is -2.46. The zero-order valence-corrected chi connectivity index (χ0v) is 17.9. The summed E-state index contributed by atoms with van der Waals surface area (Å²) in [6.07, 6.45) is 0.573. The summed E-state index contributed by atoms with van der Waals surface area (Å²) >= 11 is 5.92. The van der Waals surface area contributed by atoms with Crippen LogP contribution in [0.2, 0.25) is 5.02 Å². The molecular formula is C21H27ClFNO4. The number of halogens is 2. The minimum absolute atomic E-state index is 0.0196. The number of benzene rings is 1. The molecule has 0 spiro atoms. The van der Waals surface area contributed by atoms with E-state index in [0.29, 0.717) is 11.1 Å². The fourth-order valence-corrected chi connectivity index (χ4v) is 2.76. The molecule has 0 unspecified atom stereocenters. The maximum absolute atomic E-state index is 13.5. The van der Waals surface area contributed by atoms with Crippen LogP contribution in [0.3, 0.4) is 0 Å². The molecule has 1 aromatic carbocycles. The molecule has 0 radical (unpaired) electrons. The summed E-state index contributed by atoms with van der Waals surface area (Å²) in [4.78, 5) is 26.4. The second kappa shape index (κ2) is 8.11. The maximum Gasteiger partial charge on any atom is 0.410 e. The minimum atomic E-state index is -0.713. The average molecular weight is 412 g/mol. The standard InChI is InChI=1S/C21H27ClFNO4/c1-20(2,3)18(25)27-17-12-24(19(26)28-21(4,5)6)10-9-14(17)13-7-8-16(23)15(22)11-13/h7-9,11,17H,10,12H2,1-6H3/t17-/m0/s1. The molecule has 0 saturated carbocycles. The van der Waals surface area contributed by atoms with E-state index in [-0.39, 0.29) is 18.1 Å². The average Bonchev–Trinajstić information content (AvgIpc) is 2.55. The van der Waals surface area contributed by atoms with Gasteiger partial charge in [0.05, 0.1) is 17.0 Å². The van der Waals surface area contributed by atoms with E-state index < -0.39 is 35.0 Å². The highest BCUT2D eigenvalue weighted by molar-refractivity contribution is 6.30. The van der Waals surface area contributed by atoms with Crippen molar-refractivity contribution in [1.29, 1.82) is 0 Å². The van der Waals surface area contributed by atoms with Gasteiger partial charge >= 0.3 is 12.1 Å². The topological polar surface area (TPSA) is 55.8 Å². The first-order valence-corrected chi connectivity index (χ1v) is 9.50. The Labute approximate surface area is 170 Å². The zero-order chi connectivity index (χ0) is 21.3. The monoisotopic (exact) mass is 411 g/mol. The van der Waals surface area contributed by atoms with E-state index in [2.05, 4.69) is 0 Å². The summed E-state index contributed by atoms with van der Waals surface area (Å²) < 4.78 is 24.7. The lowest BCUT2D eigenvalue weighted by Gasteiger charge is -2.35. The van der Waals surface area contributed by atoms with Crippen molar-refractivity contribution in [2.75, 3.05) is 13.1 Å². The molecule has 1 heterocycles. The number of rotatable bonds is 2. The van der Waals surface area contributed by atoms with Gasteiger partial charge in [0.25, 0.3) is 0 Å². The summed E-state index contributed by atoms with van der Waals surface area (Å²) in [6.45, 7) is 11.0. The summed E-state index contributed by atoms with van der Waals surface area (Å²) in [5.41, 5.74) is -0.0238. The van der Waals surface area contributed by atoms with Gasteiger partial charge in [-0.15, -0.1) is 0 Å². The number of esters is 1. The van der Waals surface area contributed by atoms with Gasteiger partial charge in [0, 0.05) is 6.54 Å². The number of carbonyl (C=O) groups excluding carboxylic acids is 2. The predicted octanol–water partition coefficient (Wildman–Crippen LogP) is 5.07. The van der Waals surface area contributed by atoms with Crippen molar-refractivity contribution < 1.29 is 23.5 Å². The van der Waals surface area contributed by atoms with Crippen LogP contribution in [0.15, 0.2) is 24.3 Å². The number of nitrogens with zero attached hydrogens (tertiary/aromatic N) is 1. The Kier molecular flexibility index (Phi) is 6.44. The van der Waals surface area contributed by atoms with Crippen molar-refractivity contribution in [3.05, 3.63) is 40.7 Å². The van der Waals surface area contributed by atoms with E-state index in [9.17, 15) is 14.0 Å². The molecule has 0 bridgehead atoms. The normalized spacial score (nSPS) is 17.8. The molecule has 0 aromatic heterocycles. The summed E-state index contributed by atoms with van der Waals surface area (Å²) in [5, 5.41) is -0.0196. The molecule has 1 aromatic rings. The van der Waals surface area contributed by atoms with Gasteiger partial charge in [-0.05, 0) is 64.8 Å². The van der Waals surface area contributed by atoms with Gasteiger partial charge in [-0.3, -0.25) is 4.79 Å². The SMILES string of the molecule is CC(C)(C)OC(=O)N1CC=C(c2ccc(F)c(Cl)c2)[C@@H](OC(=O)C(C)(C)C)C1. The number of carbonyl (C=O) groups is 2. The number of amides is 1. The number of hydrogen-bond donors (Lipinski definition) is 0. The van der Waals surface area contributed by atoms with Crippen LogP contribution in [0, 0.1) is 11.2 Å². The molecule has 1 amide bonds. The molecule has 1 aliphatic rings. The van der Waals surface area contributed by atoms with Crippen LogP contribution in [-0.2, 0) is 14.3 Å². The maximum atomic E-state index is 13.5. The van der Waals surface area contributed by atoms with E-state index in [1.165, 1.54) is 17.0 Å². The summed E-state index contributed by atoms with van der Waals surface area (Å²) in [6, 6.07) is 4.33. The van der Waals surface area contributed by atoms with Crippen molar-refractivity contribution in [2.45, 2.75) is 53.2 Å². The molecule has 0 saturated heterocycles. The molecule has 7 heteroatoms. The van der Waals surface area contributed by atoms with Gasteiger partial charge < -0.3 is 14.4 Å². The van der Waals surface area contributed by atoms with Crippen LogP contribution in [-0.4, -0.2) is 41.8 Å². The van der Waals surface area contributed by atoms with E-state index in [1.54, 1.807) is 53.7 Å². The predicted molar refractivity (Wildman–Crippen MR) is 107 cm³/mol. The Morgan fingerprint density at radius 3 is 2.36 bits per heavy atom. The van der Waals surface area contributed by atoms with E-state index >= 15 is 0 Å². The number of hydrogen-bond acceptors (Lipinski definition) is 4. The lowest BCUT2D eigenvalue weighted by atomic mass is 9.94. The van der Waals surface area contributed by atoms with Crippen LogP contribution in [0.25, 0.3) is 5.57 Å². The molecule has 154 valence electrons. The van der Waals surface area contributed by atoms with Crippen molar-refractivity contribution >= 4 is 29.2 Å². The van der Waals surface area contributed by atoms with Gasteiger partial charge in [0.15, 0.2) is 0 Å². The second-order valence-electron chi connectivity index (χ2n) is 8.82. The molecule has 1 atom stereocenters. The highest BCUT2D eigenvalue weighted by Gasteiger charge is 2.34. The van der Waals surface area contributed by atoms with E-state index in [4.69, 9.17) is 21.1 Å².